The zero-order valence-corrected chi connectivity index (χ0v) is 15.5. The number of esters is 1. The predicted molar refractivity (Wildman–Crippen MR) is 97.8 cm³/mol. The number of ether oxygens (including phenoxy) is 1. The third-order valence-corrected chi connectivity index (χ3v) is 4.81. The fourth-order valence-electron chi connectivity index (χ4n) is 3.02. The van der Waals surface area contributed by atoms with Crippen LogP contribution in [0.5, 0.6) is 0 Å². The quantitative estimate of drug-likeness (QED) is 0.596. The minimum absolute atomic E-state index is 0.303. The Bertz CT molecular complexity index is 897. The largest absolute Gasteiger partial charge is 0.468 e. The van der Waals surface area contributed by atoms with E-state index in [4.69, 9.17) is 0 Å². The van der Waals surface area contributed by atoms with Gasteiger partial charge in [-0.15, -0.1) is 0 Å². The molecule has 1 atom stereocenters. The van der Waals surface area contributed by atoms with Crippen molar-refractivity contribution < 1.29 is 24.2 Å². The van der Waals surface area contributed by atoms with Crippen molar-refractivity contribution in [1.29, 1.82) is 0 Å². The molecule has 26 heavy (non-hydrogen) atoms. The van der Waals surface area contributed by atoms with Gasteiger partial charge in [-0.2, -0.15) is 0 Å². The van der Waals surface area contributed by atoms with Gasteiger partial charge in [0.2, 0.25) is 0 Å². The maximum Gasteiger partial charge on any atom is 0.325 e. The van der Waals surface area contributed by atoms with Crippen molar-refractivity contribution in [2.24, 2.45) is 0 Å². The van der Waals surface area contributed by atoms with Crippen LogP contribution in [0.4, 0.5) is 5.69 Å². The number of fused-ring (bicyclic) bond motifs is 1. The number of ketones is 1. The van der Waals surface area contributed by atoms with Crippen molar-refractivity contribution in [3.05, 3.63) is 64.1 Å². The van der Waals surface area contributed by atoms with E-state index < -0.39 is 23.9 Å². The molecule has 0 aromatic heterocycles. The molecule has 1 aliphatic rings. The van der Waals surface area contributed by atoms with E-state index in [-0.39, 0.29) is 12.3 Å². The number of carbonyl (C=O) groups is 3. The number of carbonyl (C=O) groups excluding carboxylic acids is 3. The third kappa shape index (κ3) is 3.15. The summed E-state index contributed by atoms with van der Waals surface area (Å²) in [6.07, 6.45) is -0.420. The molecular formula is C19H16BrNO5. The fraction of sp³-hybridized carbons (Fsp3) is 0.211. The van der Waals surface area contributed by atoms with Crippen LogP contribution in [0.2, 0.25) is 0 Å². The molecule has 2 aromatic carbocycles. The molecule has 3 rings (SSSR count). The summed E-state index contributed by atoms with van der Waals surface area (Å²) in [6.45, 7) is -0.334. The highest BCUT2D eigenvalue weighted by Crippen LogP contribution is 2.42. The molecule has 0 saturated heterocycles. The number of amides is 1. The molecule has 0 aliphatic carbocycles. The monoisotopic (exact) mass is 417 g/mol. The first-order valence-corrected chi connectivity index (χ1v) is 8.65. The molecule has 0 fully saturated rings. The normalized spacial score (nSPS) is 18.6. The molecule has 7 heteroatoms. The van der Waals surface area contributed by atoms with E-state index in [1.165, 1.54) is 7.11 Å². The Kier molecular flexibility index (Phi) is 4.93. The van der Waals surface area contributed by atoms with Crippen molar-refractivity contribution in [3.8, 4) is 0 Å². The zero-order valence-electron chi connectivity index (χ0n) is 13.9. The van der Waals surface area contributed by atoms with E-state index in [1.54, 1.807) is 48.5 Å². The number of rotatable bonds is 5. The second-order valence-electron chi connectivity index (χ2n) is 5.96. The van der Waals surface area contributed by atoms with Crippen LogP contribution in [0.25, 0.3) is 0 Å². The molecule has 1 N–H and O–H groups in total. The minimum atomic E-state index is -2.02. The summed E-state index contributed by atoms with van der Waals surface area (Å²) in [7, 11) is 1.22. The summed E-state index contributed by atoms with van der Waals surface area (Å²) in [5.41, 5.74) is -0.946. The molecule has 1 aliphatic heterocycles. The number of methoxy groups -OCH3 is 1. The van der Waals surface area contributed by atoms with Gasteiger partial charge in [0.15, 0.2) is 11.4 Å². The number of hydrogen-bond donors (Lipinski definition) is 1. The van der Waals surface area contributed by atoms with E-state index in [0.29, 0.717) is 16.8 Å². The molecule has 1 heterocycles. The van der Waals surface area contributed by atoms with Gasteiger partial charge in [0.05, 0.1) is 19.2 Å². The Hall–Kier alpha value is -2.51. The Morgan fingerprint density at radius 2 is 1.92 bits per heavy atom. The van der Waals surface area contributed by atoms with E-state index in [9.17, 15) is 19.5 Å². The number of benzene rings is 2. The van der Waals surface area contributed by atoms with Crippen molar-refractivity contribution in [3.63, 3.8) is 0 Å². The number of anilines is 1. The summed E-state index contributed by atoms with van der Waals surface area (Å²) in [4.78, 5) is 38.3. The van der Waals surface area contributed by atoms with Crippen LogP contribution in [-0.2, 0) is 19.9 Å². The Morgan fingerprint density at radius 3 is 2.62 bits per heavy atom. The van der Waals surface area contributed by atoms with Crippen molar-refractivity contribution >= 4 is 39.3 Å². The molecule has 0 spiro atoms. The van der Waals surface area contributed by atoms with Gasteiger partial charge in [0, 0.05) is 15.6 Å². The van der Waals surface area contributed by atoms with Gasteiger partial charge in [-0.25, -0.2) is 0 Å². The van der Waals surface area contributed by atoms with Gasteiger partial charge < -0.3 is 9.84 Å². The van der Waals surface area contributed by atoms with Crippen molar-refractivity contribution in [1.82, 2.24) is 0 Å². The molecule has 0 bridgehead atoms. The number of para-hydroxylation sites is 1. The van der Waals surface area contributed by atoms with Crippen LogP contribution in [0.3, 0.4) is 0 Å². The second kappa shape index (κ2) is 7.01. The lowest BCUT2D eigenvalue weighted by Crippen LogP contribution is -2.43. The summed E-state index contributed by atoms with van der Waals surface area (Å²) in [6, 6.07) is 13.3. The van der Waals surface area contributed by atoms with Gasteiger partial charge in [0.1, 0.15) is 6.54 Å². The van der Waals surface area contributed by atoms with E-state index in [1.807, 2.05) is 0 Å². The number of hydrogen-bond acceptors (Lipinski definition) is 5. The lowest BCUT2D eigenvalue weighted by atomic mass is 9.88. The van der Waals surface area contributed by atoms with Gasteiger partial charge >= 0.3 is 5.97 Å². The summed E-state index contributed by atoms with van der Waals surface area (Å²) >= 11 is 3.30. The van der Waals surface area contributed by atoms with Crippen LogP contribution in [0.1, 0.15) is 22.3 Å². The highest BCUT2D eigenvalue weighted by atomic mass is 79.9. The van der Waals surface area contributed by atoms with Gasteiger partial charge in [0.25, 0.3) is 5.91 Å². The number of halogens is 1. The fourth-order valence-corrected chi connectivity index (χ4v) is 3.42. The first kappa shape index (κ1) is 18.3. The van der Waals surface area contributed by atoms with Crippen LogP contribution >= 0.6 is 15.9 Å². The molecule has 0 unspecified atom stereocenters. The van der Waals surface area contributed by atoms with E-state index >= 15 is 0 Å². The van der Waals surface area contributed by atoms with Crippen LogP contribution in [-0.4, -0.2) is 36.4 Å². The molecule has 134 valence electrons. The van der Waals surface area contributed by atoms with Crippen LogP contribution in [0.15, 0.2) is 53.0 Å². The number of nitrogens with zero attached hydrogens (tertiary/aromatic N) is 1. The zero-order chi connectivity index (χ0) is 18.9. The first-order chi connectivity index (χ1) is 12.4. The maximum absolute atomic E-state index is 12.9. The lowest BCUT2D eigenvalue weighted by molar-refractivity contribution is -0.142. The topological polar surface area (TPSA) is 83.9 Å². The SMILES string of the molecule is COC(=O)CN1C(=O)[C@@](O)(CC(=O)c2cccc(Br)c2)c2ccccc21. The number of aliphatic hydroxyl groups is 1. The molecule has 0 radical (unpaired) electrons. The minimum Gasteiger partial charge on any atom is -0.468 e. The third-order valence-electron chi connectivity index (χ3n) is 4.32. The highest BCUT2D eigenvalue weighted by molar-refractivity contribution is 9.10. The smallest absolute Gasteiger partial charge is 0.325 e. The average molecular weight is 418 g/mol. The lowest BCUT2D eigenvalue weighted by Gasteiger charge is -2.22. The van der Waals surface area contributed by atoms with E-state index in [2.05, 4.69) is 20.7 Å². The molecule has 0 saturated carbocycles. The summed E-state index contributed by atoms with van der Waals surface area (Å²) in [5, 5.41) is 11.1. The van der Waals surface area contributed by atoms with Gasteiger partial charge in [-0.05, 0) is 18.2 Å². The Labute approximate surface area is 158 Å². The first-order valence-electron chi connectivity index (χ1n) is 7.86. The van der Waals surface area contributed by atoms with Crippen molar-refractivity contribution in [2.45, 2.75) is 12.0 Å². The Balaban J connectivity index is 1.96. The van der Waals surface area contributed by atoms with Crippen LogP contribution < -0.4 is 4.90 Å². The second-order valence-corrected chi connectivity index (χ2v) is 6.87. The summed E-state index contributed by atoms with van der Waals surface area (Å²) in [5.74, 6) is -1.71. The molecule has 2 aromatic rings. The van der Waals surface area contributed by atoms with Crippen LogP contribution in [0, 0.1) is 0 Å². The van der Waals surface area contributed by atoms with Crippen molar-refractivity contribution in [2.75, 3.05) is 18.6 Å². The summed E-state index contributed by atoms with van der Waals surface area (Å²) < 4.78 is 5.34. The number of Topliss-reactive ketones (excluding diaryl/α,β-unsaturated/α-hetero) is 1. The highest BCUT2D eigenvalue weighted by Gasteiger charge is 2.51. The Morgan fingerprint density at radius 1 is 1.19 bits per heavy atom. The van der Waals surface area contributed by atoms with Gasteiger partial charge in [-0.3, -0.25) is 19.3 Å². The van der Waals surface area contributed by atoms with Gasteiger partial charge in [-0.1, -0.05) is 46.3 Å². The van der Waals surface area contributed by atoms with E-state index in [0.717, 1.165) is 9.37 Å². The maximum atomic E-state index is 12.9. The molecule has 6 nitrogen and oxygen atoms in total. The standard InChI is InChI=1S/C19H16BrNO5/c1-26-17(23)11-21-15-8-3-2-7-14(15)19(25,18(21)24)10-16(22)12-5-4-6-13(20)9-12/h2-9,25H,10-11H2,1H3/t19-/m1/s1. The molecule has 1 amide bonds. The molecular weight excluding hydrogens is 402 g/mol. The average Bonchev–Trinajstić information content (AvgIpc) is 2.84. The predicted octanol–water partition coefficient (Wildman–Crippen LogP) is 2.43.